The van der Waals surface area contributed by atoms with E-state index < -0.39 is 0 Å². The lowest BCUT2D eigenvalue weighted by Gasteiger charge is -2.53. The molecule has 1 saturated heterocycles. The lowest BCUT2D eigenvalue weighted by molar-refractivity contribution is 0.318. The van der Waals surface area contributed by atoms with E-state index in [4.69, 9.17) is 4.74 Å². The zero-order valence-electron chi connectivity index (χ0n) is 26.0. The quantitative estimate of drug-likeness (QED) is 0.194. The van der Waals surface area contributed by atoms with E-state index in [0.29, 0.717) is 23.7 Å². The first-order chi connectivity index (χ1) is 21.8. The Labute approximate surface area is 261 Å². The van der Waals surface area contributed by atoms with Crippen LogP contribution in [0.5, 0.6) is 0 Å². The highest BCUT2D eigenvalue weighted by Gasteiger charge is 2.94. The van der Waals surface area contributed by atoms with Crippen molar-refractivity contribution in [2.24, 2.45) is 11.8 Å². The normalized spacial score (nSPS) is 50.4. The van der Waals surface area contributed by atoms with Crippen LogP contribution in [0.25, 0.3) is 22.3 Å². The van der Waals surface area contributed by atoms with Crippen LogP contribution in [0.1, 0.15) is 110 Å². The molecule has 6 unspecified atom stereocenters. The average Bonchev–Trinajstić information content (AvgIpc) is 3.37. The van der Waals surface area contributed by atoms with E-state index in [1.807, 2.05) is 22.3 Å². The van der Waals surface area contributed by atoms with Crippen molar-refractivity contribution in [1.82, 2.24) is 0 Å². The predicted octanol–water partition coefficient (Wildman–Crippen LogP) is 8.58. The van der Waals surface area contributed by atoms with Crippen LogP contribution in [0.4, 0.5) is 0 Å². The molecule has 0 amide bonds. The fourth-order valence-electron chi connectivity index (χ4n) is 17.8. The Morgan fingerprint density at radius 3 is 1.36 bits per heavy atom. The maximum Gasteiger partial charge on any atom is 0.152 e. The molecule has 1 saturated carbocycles. The molecule has 13 aliphatic carbocycles. The molecular formula is C44H30O. The molecule has 0 N–H and O–H groups in total. The summed E-state index contributed by atoms with van der Waals surface area (Å²) in [4.78, 5) is 0. The van der Waals surface area contributed by atoms with Crippen molar-refractivity contribution in [3.63, 3.8) is 0 Å². The molecule has 1 heteroatoms. The molecule has 1 nitrogen and oxygen atoms in total. The van der Waals surface area contributed by atoms with Gasteiger partial charge in [0, 0.05) is 33.5 Å². The molecule has 3 aromatic rings. The Bertz CT molecular complexity index is 2440. The van der Waals surface area contributed by atoms with Gasteiger partial charge in [-0.15, -0.1) is 0 Å². The van der Waals surface area contributed by atoms with E-state index in [1.54, 1.807) is 77.9 Å². The Morgan fingerprint density at radius 1 is 0.467 bits per heavy atom. The summed E-state index contributed by atoms with van der Waals surface area (Å²) in [6.07, 6.45) is 5.36. The molecule has 3 aromatic carbocycles. The third kappa shape index (κ3) is 1.22. The van der Waals surface area contributed by atoms with Crippen LogP contribution < -0.4 is 0 Å². The number of epoxide rings is 1. The molecule has 0 radical (unpaired) electrons. The third-order valence-corrected chi connectivity index (χ3v) is 18.1. The van der Waals surface area contributed by atoms with E-state index in [-0.39, 0.29) is 32.9 Å². The van der Waals surface area contributed by atoms with Crippen LogP contribution in [-0.2, 0) is 26.4 Å². The topological polar surface area (TPSA) is 12.5 Å². The van der Waals surface area contributed by atoms with E-state index in [9.17, 15) is 0 Å². The highest BCUT2D eigenvalue weighted by Crippen LogP contribution is 2.94. The van der Waals surface area contributed by atoms with E-state index in [1.165, 1.54) is 36.8 Å². The number of rotatable bonds is 0. The fourth-order valence-corrected chi connectivity index (χ4v) is 17.8. The van der Waals surface area contributed by atoms with Gasteiger partial charge in [-0.05, 0) is 177 Å². The molecule has 10 atom stereocenters. The van der Waals surface area contributed by atoms with Gasteiger partial charge in [-0.2, -0.15) is 0 Å². The van der Waals surface area contributed by atoms with Crippen LogP contribution in [0.3, 0.4) is 0 Å². The minimum absolute atomic E-state index is 0.0410. The molecule has 1 heterocycles. The standard InChI is InChI=1S/C44H30O/c1-39-25-15-5-6-16-18-8-10-20-22-12-14-24-23-13-11-21-19-9-7-17(15)27(39)29(19)41(3)31(21)33(23)43-34(24)32(22)42(4)30(20)28(18)40(2,26(16)25)36-35(39)37(41)44(43,45-43)38(36)42/h5-10,21-24H,11-14H2,1-4H3/t21?,22?,23?,24?,39-,40+,41-,42+,43?,44?. The molecule has 212 valence electrons. The number of fused-ring (bicyclic) bond motifs is 5. The van der Waals surface area contributed by atoms with Gasteiger partial charge < -0.3 is 4.74 Å². The second-order valence-electron chi connectivity index (χ2n) is 18.4. The Morgan fingerprint density at radius 2 is 0.889 bits per heavy atom. The lowest BCUT2D eigenvalue weighted by atomic mass is 9.48. The summed E-state index contributed by atoms with van der Waals surface area (Å²) in [5.74, 6) is 2.50. The van der Waals surface area contributed by atoms with Gasteiger partial charge in [0.2, 0.25) is 0 Å². The zero-order valence-corrected chi connectivity index (χ0v) is 26.0. The number of ether oxygens (including phenoxy) is 1. The summed E-state index contributed by atoms with van der Waals surface area (Å²) < 4.78 is 8.03. The van der Waals surface area contributed by atoms with Gasteiger partial charge >= 0.3 is 0 Å². The molecular weight excluding hydrogens is 544 g/mol. The largest absolute Gasteiger partial charge is 0.343 e. The van der Waals surface area contributed by atoms with Crippen molar-refractivity contribution < 1.29 is 4.74 Å². The van der Waals surface area contributed by atoms with Gasteiger partial charge in [0.1, 0.15) is 5.60 Å². The molecule has 2 spiro atoms. The van der Waals surface area contributed by atoms with Gasteiger partial charge in [0.25, 0.3) is 0 Å². The zero-order chi connectivity index (χ0) is 28.6. The maximum absolute atomic E-state index is 8.03. The third-order valence-electron chi connectivity index (χ3n) is 18.1. The summed E-state index contributed by atoms with van der Waals surface area (Å²) >= 11 is 0. The molecule has 14 aliphatic rings. The number of hydrogen-bond donors (Lipinski definition) is 0. The summed E-state index contributed by atoms with van der Waals surface area (Å²) in [5.41, 5.74) is 33.4. The number of allylic oxidation sites excluding steroid dienone is 4. The predicted molar refractivity (Wildman–Crippen MR) is 171 cm³/mol. The summed E-state index contributed by atoms with van der Waals surface area (Å²) in [6.45, 7) is 10.8. The molecule has 17 rings (SSSR count). The van der Waals surface area contributed by atoms with Gasteiger partial charge in [0.15, 0.2) is 5.60 Å². The summed E-state index contributed by atoms with van der Waals surface area (Å²) in [6, 6.07) is 15.5. The van der Waals surface area contributed by atoms with Crippen molar-refractivity contribution in [3.8, 4) is 22.3 Å². The van der Waals surface area contributed by atoms with Crippen LogP contribution in [0, 0.1) is 11.8 Å². The second-order valence-corrected chi connectivity index (χ2v) is 18.4. The molecule has 0 bridgehead atoms. The monoisotopic (exact) mass is 574 g/mol. The second kappa shape index (κ2) is 4.76. The van der Waals surface area contributed by atoms with Crippen molar-refractivity contribution in [2.45, 2.75) is 98.1 Å². The van der Waals surface area contributed by atoms with Crippen LogP contribution in [-0.4, -0.2) is 11.2 Å². The van der Waals surface area contributed by atoms with Crippen molar-refractivity contribution in [3.05, 3.63) is 125 Å². The summed E-state index contributed by atoms with van der Waals surface area (Å²) in [7, 11) is 0. The summed E-state index contributed by atoms with van der Waals surface area (Å²) in [5, 5.41) is 0. The lowest BCUT2D eigenvalue weighted by Crippen LogP contribution is -2.53. The van der Waals surface area contributed by atoms with Gasteiger partial charge in [0.05, 0.1) is 0 Å². The van der Waals surface area contributed by atoms with E-state index in [0.717, 1.165) is 0 Å². The SMILES string of the molecule is C[C@]12C3=C4C5CCC3c3ccc6c(c31)[C@]1(C)C3=C2C27OC42C2=C4C(CCC25)c2ccc5c8c2[C@]4(C)C7=C3[C@@]8(C)c2c-5ccc-6c21. The van der Waals surface area contributed by atoms with Gasteiger partial charge in [-0.25, -0.2) is 0 Å². The Kier molecular flexibility index (Phi) is 2.18. The minimum atomic E-state index is -0.264. The first-order valence-corrected chi connectivity index (χ1v) is 18.1. The maximum atomic E-state index is 8.03. The highest BCUT2D eigenvalue weighted by molar-refractivity contribution is 6.06. The van der Waals surface area contributed by atoms with Crippen molar-refractivity contribution in [2.75, 3.05) is 0 Å². The molecule has 0 aromatic heterocycles. The first-order valence-electron chi connectivity index (χ1n) is 18.1. The van der Waals surface area contributed by atoms with Gasteiger partial charge in [-0.3, -0.25) is 0 Å². The molecule has 1 aliphatic heterocycles. The van der Waals surface area contributed by atoms with E-state index >= 15 is 0 Å². The van der Waals surface area contributed by atoms with Gasteiger partial charge in [-0.1, -0.05) is 36.4 Å². The Hall–Kier alpha value is -3.42. The first kappa shape index (κ1) is 20.7. The minimum Gasteiger partial charge on any atom is -0.343 e. The van der Waals surface area contributed by atoms with E-state index in [2.05, 4.69) is 64.1 Å². The van der Waals surface area contributed by atoms with Crippen LogP contribution in [0.2, 0.25) is 0 Å². The molecule has 45 heavy (non-hydrogen) atoms. The number of hydrogen-bond acceptors (Lipinski definition) is 1. The highest BCUT2D eigenvalue weighted by atomic mass is 16.6. The average molecular weight is 575 g/mol. The smallest absolute Gasteiger partial charge is 0.152 e. The van der Waals surface area contributed by atoms with Crippen LogP contribution >= 0.6 is 0 Å². The van der Waals surface area contributed by atoms with Crippen molar-refractivity contribution in [1.29, 1.82) is 0 Å². The fraction of sp³-hybridized carbons (Fsp3) is 0.409. The molecule has 2 fully saturated rings. The Balaban J connectivity index is 1.28. The number of benzene rings is 3. The van der Waals surface area contributed by atoms with Crippen molar-refractivity contribution >= 4 is 0 Å². The van der Waals surface area contributed by atoms with Crippen LogP contribution in [0.15, 0.2) is 81.0 Å².